The first-order valence-corrected chi connectivity index (χ1v) is 9.20. The van der Waals surface area contributed by atoms with E-state index in [1.807, 2.05) is 64.1 Å². The maximum absolute atomic E-state index is 6.28. The Kier molecular flexibility index (Phi) is 15.1. The first-order chi connectivity index (χ1) is 12.9. The van der Waals surface area contributed by atoms with Crippen molar-refractivity contribution in [3.8, 4) is 0 Å². The minimum Gasteiger partial charge on any atom is -1.00 e. The van der Waals surface area contributed by atoms with Gasteiger partial charge in [-0.25, -0.2) is 4.98 Å². The average molecular weight is 533 g/mol. The van der Waals surface area contributed by atoms with Crippen molar-refractivity contribution in [3.63, 3.8) is 0 Å². The number of benzene rings is 2. The molecule has 0 aliphatic rings. The monoisotopic (exact) mass is 531 g/mol. The molecule has 0 aliphatic heterocycles. The van der Waals surface area contributed by atoms with Crippen molar-refractivity contribution in [2.24, 2.45) is 9.98 Å². The Morgan fingerprint density at radius 1 is 0.677 bits per heavy atom. The van der Waals surface area contributed by atoms with Gasteiger partial charge in [-0.15, -0.1) is 0 Å². The SMILES string of the molecule is Cc1cccc(C)c1N=Cc1cc(Cl)cc(C=Nc2c(C)cccc2C)n1.[Cl-].[Cl-].[Cl-].[V+3]. The van der Waals surface area contributed by atoms with Gasteiger partial charge in [-0.3, -0.25) is 9.98 Å². The third-order valence-corrected chi connectivity index (χ3v) is 4.58. The van der Waals surface area contributed by atoms with E-state index >= 15 is 0 Å². The molecule has 0 fully saturated rings. The van der Waals surface area contributed by atoms with Crippen molar-refractivity contribution in [1.29, 1.82) is 0 Å². The number of halogens is 4. The Hall–Kier alpha value is -1.33. The molecule has 0 saturated heterocycles. The molecule has 1 heterocycles. The molecule has 0 bridgehead atoms. The van der Waals surface area contributed by atoms with Gasteiger partial charge in [0.05, 0.1) is 35.2 Å². The summed E-state index contributed by atoms with van der Waals surface area (Å²) in [5.74, 6) is 0. The van der Waals surface area contributed by atoms with Gasteiger partial charge in [-0.05, 0) is 62.1 Å². The van der Waals surface area contributed by atoms with E-state index in [1.54, 1.807) is 24.6 Å². The standard InChI is InChI=1S/C23H22ClN3.3ClH.V/c1-15-7-5-8-16(2)22(15)25-13-20-11-19(24)12-21(27-20)14-26-23-17(3)9-6-10-18(23)4;;;;/h5-14H,1-4H3;3*1H;/q;;;;+3/p-3. The minimum atomic E-state index is 0. The summed E-state index contributed by atoms with van der Waals surface area (Å²) in [6.07, 6.45) is 3.50. The van der Waals surface area contributed by atoms with Crippen molar-refractivity contribution in [3.05, 3.63) is 87.2 Å². The van der Waals surface area contributed by atoms with Gasteiger partial charge in [0.25, 0.3) is 0 Å². The minimum absolute atomic E-state index is 0. The van der Waals surface area contributed by atoms with Crippen molar-refractivity contribution in [2.45, 2.75) is 27.7 Å². The fourth-order valence-electron chi connectivity index (χ4n) is 2.95. The molecule has 0 saturated carbocycles. The molecule has 31 heavy (non-hydrogen) atoms. The van der Waals surface area contributed by atoms with Crippen LogP contribution < -0.4 is 37.2 Å². The van der Waals surface area contributed by atoms with Gasteiger partial charge in [-0.1, -0.05) is 48.0 Å². The van der Waals surface area contributed by atoms with E-state index in [2.05, 4.69) is 15.0 Å². The Balaban J connectivity index is 0. The smallest absolute Gasteiger partial charge is 1.00 e. The van der Waals surface area contributed by atoms with Gasteiger partial charge in [0.1, 0.15) is 0 Å². The predicted octanol–water partition coefficient (Wildman–Crippen LogP) is -2.52. The molecule has 0 radical (unpaired) electrons. The van der Waals surface area contributed by atoms with E-state index in [0.717, 1.165) is 33.6 Å². The van der Waals surface area contributed by atoms with Crippen LogP contribution in [-0.2, 0) is 18.6 Å². The molecular formula is C23H22Cl4N3V. The molecule has 8 heteroatoms. The number of pyridine rings is 1. The summed E-state index contributed by atoms with van der Waals surface area (Å²) in [4.78, 5) is 13.8. The molecule has 0 aliphatic carbocycles. The summed E-state index contributed by atoms with van der Waals surface area (Å²) in [5, 5.41) is 0.607. The molecule has 162 valence electrons. The second kappa shape index (κ2) is 14.7. The number of nitrogens with zero attached hydrogens (tertiary/aromatic N) is 3. The molecular weight excluding hydrogens is 511 g/mol. The molecule has 0 N–H and O–H groups in total. The first kappa shape index (κ1) is 31.9. The summed E-state index contributed by atoms with van der Waals surface area (Å²) in [6.45, 7) is 8.20. The zero-order chi connectivity index (χ0) is 19.4. The van der Waals surface area contributed by atoms with Crippen molar-refractivity contribution in [2.75, 3.05) is 0 Å². The Labute approximate surface area is 220 Å². The molecule has 0 atom stereocenters. The number of aromatic nitrogens is 1. The second-order valence-electron chi connectivity index (χ2n) is 6.63. The van der Waals surface area contributed by atoms with Gasteiger partial charge in [0, 0.05) is 5.02 Å². The van der Waals surface area contributed by atoms with Gasteiger partial charge >= 0.3 is 18.6 Å². The summed E-state index contributed by atoms with van der Waals surface area (Å²) in [7, 11) is 0. The number of rotatable bonds is 4. The molecule has 0 amide bonds. The molecule has 3 rings (SSSR count). The van der Waals surface area contributed by atoms with Crippen LogP contribution in [0.3, 0.4) is 0 Å². The van der Waals surface area contributed by atoms with Gasteiger partial charge in [0.15, 0.2) is 0 Å². The third-order valence-electron chi connectivity index (χ3n) is 4.36. The van der Waals surface area contributed by atoms with Crippen molar-refractivity contribution >= 4 is 35.4 Å². The molecule has 1 aromatic heterocycles. The number of aliphatic imine (C=N–C) groups is 2. The Morgan fingerprint density at radius 3 is 1.32 bits per heavy atom. The number of aryl methyl sites for hydroxylation is 4. The van der Waals surface area contributed by atoms with Crippen LogP contribution in [0.4, 0.5) is 11.4 Å². The molecule has 2 aromatic carbocycles. The van der Waals surface area contributed by atoms with Crippen LogP contribution in [0.25, 0.3) is 0 Å². The second-order valence-corrected chi connectivity index (χ2v) is 7.07. The fourth-order valence-corrected chi connectivity index (χ4v) is 3.17. The maximum Gasteiger partial charge on any atom is 3.00 e. The van der Waals surface area contributed by atoms with Crippen LogP contribution in [-0.4, -0.2) is 17.4 Å². The van der Waals surface area contributed by atoms with E-state index in [-0.39, 0.29) is 55.8 Å². The molecule has 3 nitrogen and oxygen atoms in total. The maximum atomic E-state index is 6.28. The van der Waals surface area contributed by atoms with Crippen LogP contribution in [0.1, 0.15) is 33.6 Å². The Bertz CT molecular complexity index is 933. The van der Waals surface area contributed by atoms with Crippen LogP contribution in [0.15, 0.2) is 58.5 Å². The van der Waals surface area contributed by atoms with Crippen LogP contribution in [0.2, 0.25) is 5.02 Å². The fraction of sp³-hybridized carbons (Fsp3) is 0.174. The summed E-state index contributed by atoms with van der Waals surface area (Å²) >= 11 is 6.28. The largest absolute Gasteiger partial charge is 3.00 e. The van der Waals surface area contributed by atoms with Gasteiger partial charge in [0.2, 0.25) is 0 Å². The molecule has 0 unspecified atom stereocenters. The van der Waals surface area contributed by atoms with Crippen LogP contribution >= 0.6 is 11.6 Å². The number of hydrogen-bond acceptors (Lipinski definition) is 3. The van der Waals surface area contributed by atoms with E-state index < -0.39 is 0 Å². The zero-order valence-electron chi connectivity index (χ0n) is 17.6. The molecule has 3 aromatic rings. The van der Waals surface area contributed by atoms with E-state index in [9.17, 15) is 0 Å². The summed E-state index contributed by atoms with van der Waals surface area (Å²) in [5.41, 5.74) is 7.85. The molecule has 0 spiro atoms. The van der Waals surface area contributed by atoms with Crippen molar-refractivity contribution in [1.82, 2.24) is 4.98 Å². The van der Waals surface area contributed by atoms with Gasteiger partial charge < -0.3 is 37.2 Å². The normalized spacial score (nSPS) is 10.1. The van der Waals surface area contributed by atoms with E-state index in [4.69, 9.17) is 11.6 Å². The van der Waals surface area contributed by atoms with E-state index in [0.29, 0.717) is 16.4 Å². The van der Waals surface area contributed by atoms with E-state index in [1.165, 1.54) is 0 Å². The summed E-state index contributed by atoms with van der Waals surface area (Å²) in [6, 6.07) is 15.9. The van der Waals surface area contributed by atoms with Crippen molar-refractivity contribution < 1.29 is 55.8 Å². The topological polar surface area (TPSA) is 37.6 Å². The van der Waals surface area contributed by atoms with Crippen LogP contribution in [0, 0.1) is 27.7 Å². The predicted molar refractivity (Wildman–Crippen MR) is 116 cm³/mol. The van der Waals surface area contributed by atoms with Gasteiger partial charge in [-0.2, -0.15) is 0 Å². The Morgan fingerprint density at radius 2 is 1.00 bits per heavy atom. The summed E-state index contributed by atoms with van der Waals surface area (Å²) < 4.78 is 0. The quantitative estimate of drug-likeness (QED) is 0.342. The number of para-hydroxylation sites is 2. The first-order valence-electron chi connectivity index (χ1n) is 8.82. The zero-order valence-corrected chi connectivity index (χ0v) is 22.0. The number of hydrogen-bond donors (Lipinski definition) is 0. The average Bonchev–Trinajstić information content (AvgIpc) is 2.60. The van der Waals surface area contributed by atoms with Crippen LogP contribution in [0.5, 0.6) is 0 Å². The third kappa shape index (κ3) is 8.61.